The highest BCUT2D eigenvalue weighted by Crippen LogP contribution is 2.35. The van der Waals surface area contributed by atoms with E-state index < -0.39 is 0 Å². The summed E-state index contributed by atoms with van der Waals surface area (Å²) >= 11 is 0. The van der Waals surface area contributed by atoms with Gasteiger partial charge < -0.3 is 4.90 Å². The van der Waals surface area contributed by atoms with E-state index in [1.165, 1.54) is 6.33 Å². The lowest BCUT2D eigenvalue weighted by Crippen LogP contribution is -2.36. The van der Waals surface area contributed by atoms with Gasteiger partial charge in [0.05, 0.1) is 11.7 Å². The first kappa shape index (κ1) is 15.4. The Morgan fingerprint density at radius 2 is 2.12 bits per heavy atom. The fourth-order valence-corrected chi connectivity index (χ4v) is 2.93. The molecular formula is C18H18N6O. The summed E-state index contributed by atoms with van der Waals surface area (Å²) in [5.74, 6) is 0.564. The first-order valence-electron chi connectivity index (χ1n) is 8.28. The number of nitrogens with zero attached hydrogens (tertiary/aromatic N) is 6. The molecule has 0 aliphatic heterocycles. The Morgan fingerprint density at radius 3 is 2.80 bits per heavy atom. The van der Waals surface area contributed by atoms with E-state index in [-0.39, 0.29) is 18.0 Å². The average Bonchev–Trinajstić information content (AvgIpc) is 3.34. The largest absolute Gasteiger partial charge is 0.327 e. The summed E-state index contributed by atoms with van der Waals surface area (Å²) in [5.41, 5.74) is 1.49. The van der Waals surface area contributed by atoms with E-state index >= 15 is 0 Å². The molecular weight excluding hydrogens is 316 g/mol. The lowest BCUT2D eigenvalue weighted by molar-refractivity contribution is 0.0670. The summed E-state index contributed by atoms with van der Waals surface area (Å²) in [6.45, 7) is 2.03. The lowest BCUT2D eigenvalue weighted by Gasteiger charge is -2.29. The second-order valence-electron chi connectivity index (χ2n) is 6.12. The van der Waals surface area contributed by atoms with Gasteiger partial charge >= 0.3 is 0 Å². The molecule has 1 saturated carbocycles. The third kappa shape index (κ3) is 3.13. The van der Waals surface area contributed by atoms with Crippen LogP contribution in [0.15, 0.2) is 55.4 Å². The number of rotatable bonds is 5. The van der Waals surface area contributed by atoms with E-state index in [1.807, 2.05) is 30.0 Å². The van der Waals surface area contributed by atoms with Gasteiger partial charge in [0.1, 0.15) is 12.7 Å². The van der Waals surface area contributed by atoms with Crippen molar-refractivity contribution in [1.82, 2.24) is 29.6 Å². The van der Waals surface area contributed by atoms with Gasteiger partial charge in [0.2, 0.25) is 0 Å². The predicted molar refractivity (Wildman–Crippen MR) is 91.0 cm³/mol. The summed E-state index contributed by atoms with van der Waals surface area (Å²) in [4.78, 5) is 27.7. The number of aromatic nitrogens is 5. The Balaban J connectivity index is 1.65. The van der Waals surface area contributed by atoms with Crippen LogP contribution in [0.3, 0.4) is 0 Å². The van der Waals surface area contributed by atoms with Crippen molar-refractivity contribution >= 4 is 5.91 Å². The van der Waals surface area contributed by atoms with Gasteiger partial charge in [0, 0.05) is 24.0 Å². The van der Waals surface area contributed by atoms with Crippen LogP contribution in [0.2, 0.25) is 0 Å². The first-order chi connectivity index (χ1) is 12.2. The van der Waals surface area contributed by atoms with Gasteiger partial charge in [-0.25, -0.2) is 14.6 Å². The number of carbonyl (C=O) groups excluding carboxylic acids is 1. The monoisotopic (exact) mass is 334 g/mol. The number of hydrogen-bond donors (Lipinski definition) is 0. The SMILES string of the molecule is C[C@H](c1ccccn1)N(C(=O)c1ccnc(-n2cncn2)c1)C1CC1. The molecule has 126 valence electrons. The average molecular weight is 334 g/mol. The summed E-state index contributed by atoms with van der Waals surface area (Å²) < 4.78 is 1.54. The molecule has 0 saturated heterocycles. The smallest absolute Gasteiger partial charge is 0.254 e. The molecule has 0 aromatic carbocycles. The molecule has 1 atom stereocenters. The van der Waals surface area contributed by atoms with Crippen LogP contribution in [0.4, 0.5) is 0 Å². The zero-order chi connectivity index (χ0) is 17.2. The van der Waals surface area contributed by atoms with Crippen LogP contribution in [0.1, 0.15) is 41.9 Å². The van der Waals surface area contributed by atoms with Gasteiger partial charge in [0.25, 0.3) is 5.91 Å². The normalized spacial score (nSPS) is 14.9. The molecule has 1 aliphatic carbocycles. The molecule has 1 fully saturated rings. The van der Waals surface area contributed by atoms with Crippen molar-refractivity contribution in [3.05, 3.63) is 66.6 Å². The highest BCUT2D eigenvalue weighted by Gasteiger charge is 2.37. The van der Waals surface area contributed by atoms with Crippen LogP contribution >= 0.6 is 0 Å². The molecule has 3 aromatic heterocycles. The van der Waals surface area contributed by atoms with Gasteiger partial charge in [0.15, 0.2) is 5.82 Å². The van der Waals surface area contributed by atoms with E-state index in [9.17, 15) is 4.79 Å². The summed E-state index contributed by atoms with van der Waals surface area (Å²) in [5, 5.41) is 4.07. The van der Waals surface area contributed by atoms with Crippen molar-refractivity contribution in [2.24, 2.45) is 0 Å². The molecule has 0 spiro atoms. The third-order valence-corrected chi connectivity index (χ3v) is 4.35. The van der Waals surface area contributed by atoms with Crippen LogP contribution in [0, 0.1) is 0 Å². The van der Waals surface area contributed by atoms with Crippen molar-refractivity contribution in [2.45, 2.75) is 31.8 Å². The first-order valence-corrected chi connectivity index (χ1v) is 8.28. The molecule has 3 heterocycles. The van der Waals surface area contributed by atoms with Gasteiger partial charge in [-0.2, -0.15) is 5.10 Å². The number of carbonyl (C=O) groups is 1. The van der Waals surface area contributed by atoms with Gasteiger partial charge in [-0.15, -0.1) is 0 Å². The summed E-state index contributed by atoms with van der Waals surface area (Å²) in [7, 11) is 0. The van der Waals surface area contributed by atoms with Gasteiger partial charge in [-0.3, -0.25) is 9.78 Å². The van der Waals surface area contributed by atoms with Crippen molar-refractivity contribution in [1.29, 1.82) is 0 Å². The van der Waals surface area contributed by atoms with Crippen LogP contribution in [-0.2, 0) is 0 Å². The molecule has 4 rings (SSSR count). The minimum absolute atomic E-state index is 0.00980. The fourth-order valence-electron chi connectivity index (χ4n) is 2.93. The second-order valence-corrected chi connectivity index (χ2v) is 6.12. The lowest BCUT2D eigenvalue weighted by atomic mass is 10.1. The predicted octanol–water partition coefficient (Wildman–Crippen LogP) is 2.42. The van der Waals surface area contributed by atoms with Crippen LogP contribution in [-0.4, -0.2) is 41.6 Å². The zero-order valence-electron chi connectivity index (χ0n) is 13.9. The topological polar surface area (TPSA) is 76.8 Å². The van der Waals surface area contributed by atoms with Crippen LogP contribution in [0.25, 0.3) is 5.82 Å². The molecule has 1 aliphatic rings. The molecule has 0 radical (unpaired) electrons. The van der Waals surface area contributed by atoms with Crippen molar-refractivity contribution in [2.75, 3.05) is 0 Å². The number of hydrogen-bond acceptors (Lipinski definition) is 5. The standard InChI is InChI=1S/C18H18N6O/c1-13(16-4-2-3-8-20-16)24(15-5-6-15)18(25)14-7-9-21-17(10-14)23-12-19-11-22-23/h2-4,7-13,15H,5-6H2,1H3/t13-/m1/s1. The van der Waals surface area contributed by atoms with Crippen molar-refractivity contribution < 1.29 is 4.79 Å². The van der Waals surface area contributed by atoms with E-state index in [0.717, 1.165) is 18.5 Å². The molecule has 0 unspecified atom stereocenters. The second kappa shape index (κ2) is 6.43. The van der Waals surface area contributed by atoms with E-state index in [4.69, 9.17) is 0 Å². The van der Waals surface area contributed by atoms with Crippen LogP contribution < -0.4 is 0 Å². The Morgan fingerprint density at radius 1 is 1.24 bits per heavy atom. The fraction of sp³-hybridized carbons (Fsp3) is 0.278. The molecule has 0 bridgehead atoms. The third-order valence-electron chi connectivity index (χ3n) is 4.35. The van der Waals surface area contributed by atoms with E-state index in [0.29, 0.717) is 11.4 Å². The van der Waals surface area contributed by atoms with E-state index in [1.54, 1.807) is 35.5 Å². The minimum Gasteiger partial charge on any atom is -0.327 e. The van der Waals surface area contributed by atoms with Gasteiger partial charge in [-0.1, -0.05) is 6.07 Å². The Kier molecular flexibility index (Phi) is 3.97. The van der Waals surface area contributed by atoms with Gasteiger partial charge in [-0.05, 0) is 44.0 Å². The highest BCUT2D eigenvalue weighted by atomic mass is 16.2. The molecule has 0 N–H and O–H groups in total. The number of pyridine rings is 2. The maximum Gasteiger partial charge on any atom is 0.254 e. The molecule has 3 aromatic rings. The Bertz CT molecular complexity index is 860. The Labute approximate surface area is 145 Å². The maximum absolute atomic E-state index is 13.2. The summed E-state index contributed by atoms with van der Waals surface area (Å²) in [6, 6.07) is 9.47. The molecule has 7 nitrogen and oxygen atoms in total. The van der Waals surface area contributed by atoms with Crippen LogP contribution in [0.5, 0.6) is 0 Å². The molecule has 1 amide bonds. The highest BCUT2D eigenvalue weighted by molar-refractivity contribution is 5.95. The quantitative estimate of drug-likeness (QED) is 0.716. The van der Waals surface area contributed by atoms with Crippen molar-refractivity contribution in [3.8, 4) is 5.82 Å². The van der Waals surface area contributed by atoms with Crippen molar-refractivity contribution in [3.63, 3.8) is 0 Å². The zero-order valence-corrected chi connectivity index (χ0v) is 13.9. The molecule has 7 heteroatoms. The number of amides is 1. The maximum atomic E-state index is 13.2. The molecule has 25 heavy (non-hydrogen) atoms. The summed E-state index contributed by atoms with van der Waals surface area (Å²) in [6.07, 6.45) is 8.45. The minimum atomic E-state index is -0.0795. The Hall–Kier alpha value is -3.09. The van der Waals surface area contributed by atoms with E-state index in [2.05, 4.69) is 20.1 Å².